The number of hydrogen-bond donors (Lipinski definition) is 1. The van der Waals surface area contributed by atoms with Crippen LogP contribution in [0.2, 0.25) is 0 Å². The molecule has 1 rings (SSSR count). The molecule has 5 heteroatoms. The molecule has 1 unspecified atom stereocenters. The fourth-order valence-electron chi connectivity index (χ4n) is 1.67. The van der Waals surface area contributed by atoms with E-state index in [1.165, 1.54) is 0 Å². The highest BCUT2D eigenvalue weighted by atomic mass is 16.5. The number of amides is 1. The summed E-state index contributed by atoms with van der Waals surface area (Å²) in [6.07, 6.45) is 0.797. The van der Waals surface area contributed by atoms with Crippen LogP contribution in [-0.4, -0.2) is 48.2 Å². The summed E-state index contributed by atoms with van der Waals surface area (Å²) in [4.78, 5) is 24.4. The number of esters is 1. The van der Waals surface area contributed by atoms with Crippen LogP contribution in [0.25, 0.3) is 0 Å². The molecule has 0 aromatic carbocycles. The summed E-state index contributed by atoms with van der Waals surface area (Å²) in [7, 11) is 0. The summed E-state index contributed by atoms with van der Waals surface area (Å²) in [5.74, 6) is -0.644. The van der Waals surface area contributed by atoms with Crippen LogP contribution in [0.4, 0.5) is 0 Å². The van der Waals surface area contributed by atoms with Crippen LogP contribution in [0.3, 0.4) is 0 Å². The van der Waals surface area contributed by atoms with Gasteiger partial charge in [0.1, 0.15) is 0 Å². The average Bonchev–Trinajstić information content (AvgIpc) is 2.57. The number of aliphatic hydroxyl groups excluding tert-OH is 1. The third kappa shape index (κ3) is 3.20. The van der Waals surface area contributed by atoms with Gasteiger partial charge in [0, 0.05) is 26.1 Å². The third-order valence-electron chi connectivity index (χ3n) is 2.42. The van der Waals surface area contributed by atoms with E-state index in [0.717, 1.165) is 0 Å². The zero-order valence-corrected chi connectivity index (χ0v) is 8.94. The van der Waals surface area contributed by atoms with Gasteiger partial charge >= 0.3 is 5.97 Å². The molecule has 0 aliphatic carbocycles. The summed E-state index contributed by atoms with van der Waals surface area (Å²) < 4.78 is 4.86. The number of nitrogens with zero attached hydrogens (tertiary/aromatic N) is 1. The molecule has 1 aliphatic rings. The Bertz CT molecular complexity index is 242. The number of carbonyl (C=O) groups is 2. The van der Waals surface area contributed by atoms with Gasteiger partial charge in [-0.05, 0) is 13.3 Å². The minimum Gasteiger partial charge on any atom is -0.466 e. The lowest BCUT2D eigenvalue weighted by molar-refractivity contribution is -0.147. The normalized spacial score (nSPS) is 20.8. The van der Waals surface area contributed by atoms with Gasteiger partial charge in [0.25, 0.3) is 0 Å². The number of likely N-dealkylation sites (tertiary alicyclic amines) is 1. The third-order valence-corrected chi connectivity index (χ3v) is 2.42. The van der Waals surface area contributed by atoms with Crippen molar-refractivity contribution < 1.29 is 19.4 Å². The zero-order valence-electron chi connectivity index (χ0n) is 8.94. The Hall–Kier alpha value is -1.10. The molecule has 0 saturated carbocycles. The van der Waals surface area contributed by atoms with Gasteiger partial charge in [-0.2, -0.15) is 0 Å². The van der Waals surface area contributed by atoms with Crippen LogP contribution in [-0.2, 0) is 14.3 Å². The summed E-state index contributed by atoms with van der Waals surface area (Å²) >= 11 is 0. The highest BCUT2D eigenvalue weighted by Gasteiger charge is 2.34. The van der Waals surface area contributed by atoms with Crippen molar-refractivity contribution in [1.29, 1.82) is 0 Å². The molecule has 1 N–H and O–H groups in total. The van der Waals surface area contributed by atoms with Gasteiger partial charge < -0.3 is 14.7 Å². The second kappa shape index (κ2) is 5.70. The molecule has 1 heterocycles. The summed E-state index contributed by atoms with van der Waals surface area (Å²) in [5.41, 5.74) is 0. The van der Waals surface area contributed by atoms with E-state index in [4.69, 9.17) is 9.84 Å². The van der Waals surface area contributed by atoms with E-state index in [2.05, 4.69) is 0 Å². The molecule has 5 nitrogen and oxygen atoms in total. The predicted octanol–water partition coefficient (Wildman–Crippen LogP) is -0.220. The van der Waals surface area contributed by atoms with E-state index < -0.39 is 0 Å². The van der Waals surface area contributed by atoms with Gasteiger partial charge in [0.2, 0.25) is 5.91 Å². The molecule has 0 radical (unpaired) electrons. The molecule has 1 amide bonds. The molecule has 1 fully saturated rings. The predicted molar refractivity (Wildman–Crippen MR) is 53.0 cm³/mol. The van der Waals surface area contributed by atoms with Crippen molar-refractivity contribution in [2.24, 2.45) is 5.92 Å². The van der Waals surface area contributed by atoms with Crippen molar-refractivity contribution in [2.75, 3.05) is 26.3 Å². The average molecular weight is 215 g/mol. The standard InChI is InChI=1S/C10H17NO4/c1-2-15-10(14)8-6-9(13)11(7-8)4-3-5-12/h8,12H,2-7H2,1H3. The van der Waals surface area contributed by atoms with E-state index in [0.29, 0.717) is 26.1 Å². The van der Waals surface area contributed by atoms with E-state index in [9.17, 15) is 9.59 Å². The molecule has 0 aromatic heterocycles. The lowest BCUT2D eigenvalue weighted by Gasteiger charge is -2.15. The Morgan fingerprint density at radius 3 is 3.00 bits per heavy atom. The summed E-state index contributed by atoms with van der Waals surface area (Å²) in [5, 5.41) is 8.64. The minimum atomic E-state index is -0.323. The van der Waals surface area contributed by atoms with Gasteiger partial charge in [-0.3, -0.25) is 9.59 Å². The molecule has 0 aromatic rings. The highest BCUT2D eigenvalue weighted by Crippen LogP contribution is 2.19. The lowest BCUT2D eigenvalue weighted by Crippen LogP contribution is -2.28. The van der Waals surface area contributed by atoms with Gasteiger partial charge in [0.05, 0.1) is 12.5 Å². The van der Waals surface area contributed by atoms with Crippen molar-refractivity contribution in [2.45, 2.75) is 19.8 Å². The maximum atomic E-state index is 11.4. The molecule has 86 valence electrons. The summed E-state index contributed by atoms with van der Waals surface area (Å²) in [6.45, 7) is 3.11. The van der Waals surface area contributed by atoms with Crippen LogP contribution >= 0.6 is 0 Å². The van der Waals surface area contributed by atoms with Crippen LogP contribution < -0.4 is 0 Å². The fourth-order valence-corrected chi connectivity index (χ4v) is 1.67. The molecule has 15 heavy (non-hydrogen) atoms. The van der Waals surface area contributed by atoms with Crippen LogP contribution in [0, 0.1) is 5.92 Å². The first-order chi connectivity index (χ1) is 7.19. The number of rotatable bonds is 5. The first-order valence-corrected chi connectivity index (χ1v) is 5.24. The van der Waals surface area contributed by atoms with Crippen molar-refractivity contribution in [3.63, 3.8) is 0 Å². The van der Waals surface area contributed by atoms with Gasteiger partial charge in [-0.15, -0.1) is 0 Å². The van der Waals surface area contributed by atoms with Crippen molar-refractivity contribution in [3.8, 4) is 0 Å². The van der Waals surface area contributed by atoms with Crippen LogP contribution in [0.5, 0.6) is 0 Å². The maximum absolute atomic E-state index is 11.4. The number of carbonyl (C=O) groups excluding carboxylic acids is 2. The van der Waals surface area contributed by atoms with E-state index in [1.807, 2.05) is 0 Å². The van der Waals surface area contributed by atoms with E-state index in [-0.39, 0.29) is 30.8 Å². The minimum absolute atomic E-state index is 0.0264. The lowest BCUT2D eigenvalue weighted by atomic mass is 10.1. The topological polar surface area (TPSA) is 66.8 Å². The van der Waals surface area contributed by atoms with Crippen molar-refractivity contribution in [3.05, 3.63) is 0 Å². The quantitative estimate of drug-likeness (QED) is 0.644. The number of aliphatic hydroxyl groups is 1. The van der Waals surface area contributed by atoms with E-state index >= 15 is 0 Å². The van der Waals surface area contributed by atoms with Crippen LogP contribution in [0.1, 0.15) is 19.8 Å². The fraction of sp³-hybridized carbons (Fsp3) is 0.800. The van der Waals surface area contributed by atoms with E-state index in [1.54, 1.807) is 11.8 Å². The van der Waals surface area contributed by atoms with Crippen molar-refractivity contribution >= 4 is 11.9 Å². The monoisotopic (exact) mass is 215 g/mol. The smallest absolute Gasteiger partial charge is 0.311 e. The second-order valence-electron chi connectivity index (χ2n) is 3.57. The molecule has 0 bridgehead atoms. The van der Waals surface area contributed by atoms with Crippen LogP contribution in [0.15, 0.2) is 0 Å². The first kappa shape index (κ1) is 12.0. The van der Waals surface area contributed by atoms with Gasteiger partial charge in [0.15, 0.2) is 0 Å². The Balaban J connectivity index is 2.41. The van der Waals surface area contributed by atoms with Gasteiger partial charge in [-0.1, -0.05) is 0 Å². The Kier molecular flexibility index (Phi) is 4.55. The van der Waals surface area contributed by atoms with Crippen molar-refractivity contribution in [1.82, 2.24) is 4.90 Å². The van der Waals surface area contributed by atoms with Gasteiger partial charge in [-0.25, -0.2) is 0 Å². The first-order valence-electron chi connectivity index (χ1n) is 5.24. The molecule has 0 spiro atoms. The zero-order chi connectivity index (χ0) is 11.3. The molecule has 1 aliphatic heterocycles. The number of ether oxygens (including phenoxy) is 1. The largest absolute Gasteiger partial charge is 0.466 e. The Labute approximate surface area is 89.0 Å². The molecule has 1 saturated heterocycles. The Morgan fingerprint density at radius 1 is 1.67 bits per heavy atom. The Morgan fingerprint density at radius 2 is 2.40 bits per heavy atom. The number of hydrogen-bond acceptors (Lipinski definition) is 4. The molecule has 1 atom stereocenters. The SMILES string of the molecule is CCOC(=O)C1CC(=O)N(CCCO)C1. The molecular weight excluding hydrogens is 198 g/mol. The maximum Gasteiger partial charge on any atom is 0.311 e. The summed E-state index contributed by atoms with van der Waals surface area (Å²) in [6, 6.07) is 0. The highest BCUT2D eigenvalue weighted by molar-refractivity contribution is 5.86. The second-order valence-corrected chi connectivity index (χ2v) is 3.57. The molecular formula is C10H17NO4.